The zero-order chi connectivity index (χ0) is 11.0. The van der Waals surface area contributed by atoms with Gasteiger partial charge in [0.1, 0.15) is 16.3 Å². The Bertz CT molecular complexity index is 637. The van der Waals surface area contributed by atoms with Crippen LogP contribution in [0.25, 0.3) is 22.4 Å². The Labute approximate surface area is 96.7 Å². The van der Waals surface area contributed by atoms with Gasteiger partial charge in [-0.05, 0) is 17.7 Å². The van der Waals surface area contributed by atoms with Crippen molar-refractivity contribution < 1.29 is 0 Å². The van der Waals surface area contributed by atoms with Crippen molar-refractivity contribution >= 4 is 23.1 Å². The molecule has 0 atom stereocenters. The maximum Gasteiger partial charge on any atom is 0.143 e. The number of rotatable bonds is 2. The predicted molar refractivity (Wildman–Crippen MR) is 66.4 cm³/mol. The van der Waals surface area contributed by atoms with Crippen molar-refractivity contribution in [1.29, 1.82) is 0 Å². The molecule has 0 aliphatic carbocycles. The molecule has 78 valence electrons. The number of hydrogen-bond donors (Lipinski definition) is 0. The molecule has 0 N–H and O–H groups in total. The summed E-state index contributed by atoms with van der Waals surface area (Å²) in [7, 11) is 0. The van der Waals surface area contributed by atoms with E-state index >= 15 is 0 Å². The number of nitrogens with zero attached hydrogens (tertiary/aromatic N) is 3. The van der Waals surface area contributed by atoms with E-state index in [-0.39, 0.29) is 0 Å². The Morgan fingerprint density at radius 1 is 1.31 bits per heavy atom. The van der Waals surface area contributed by atoms with Gasteiger partial charge in [-0.15, -0.1) is 11.3 Å². The average Bonchev–Trinajstić information content (AvgIpc) is 2.96. The second-order valence-corrected chi connectivity index (χ2v) is 4.29. The SMILES string of the molecule is C=Cc1ccc2nc(-c3nccs3)cn2c1. The molecule has 0 amide bonds. The third-order valence-corrected chi connectivity index (χ3v) is 3.16. The lowest BCUT2D eigenvalue weighted by molar-refractivity contribution is 1.18. The van der Waals surface area contributed by atoms with Crippen molar-refractivity contribution in [1.82, 2.24) is 14.4 Å². The quantitative estimate of drug-likeness (QED) is 0.673. The first kappa shape index (κ1) is 9.30. The molecule has 3 aromatic heterocycles. The van der Waals surface area contributed by atoms with E-state index in [2.05, 4.69) is 16.5 Å². The van der Waals surface area contributed by atoms with Crippen LogP contribution in [0.1, 0.15) is 5.56 Å². The van der Waals surface area contributed by atoms with Crippen LogP contribution in [-0.4, -0.2) is 14.4 Å². The Morgan fingerprint density at radius 3 is 3.00 bits per heavy atom. The fourth-order valence-electron chi connectivity index (χ4n) is 1.58. The van der Waals surface area contributed by atoms with Crippen molar-refractivity contribution in [2.24, 2.45) is 0 Å². The minimum atomic E-state index is 0.913. The molecule has 3 heterocycles. The molecule has 0 fully saturated rings. The summed E-state index contributed by atoms with van der Waals surface area (Å²) in [5, 5.41) is 2.90. The van der Waals surface area contributed by atoms with Crippen LogP contribution in [-0.2, 0) is 0 Å². The van der Waals surface area contributed by atoms with Gasteiger partial charge >= 0.3 is 0 Å². The molecular formula is C12H9N3S. The molecule has 3 nitrogen and oxygen atoms in total. The predicted octanol–water partition coefficient (Wildman–Crippen LogP) is 3.10. The molecule has 0 aromatic carbocycles. The Morgan fingerprint density at radius 2 is 2.25 bits per heavy atom. The molecule has 0 bridgehead atoms. The van der Waals surface area contributed by atoms with E-state index in [9.17, 15) is 0 Å². The van der Waals surface area contributed by atoms with Gasteiger partial charge in [0.05, 0.1) is 0 Å². The lowest BCUT2D eigenvalue weighted by atomic mass is 10.3. The van der Waals surface area contributed by atoms with Crippen LogP contribution in [0.5, 0.6) is 0 Å². The molecule has 0 aliphatic rings. The van der Waals surface area contributed by atoms with E-state index in [0.29, 0.717) is 0 Å². The highest BCUT2D eigenvalue weighted by Crippen LogP contribution is 2.21. The summed E-state index contributed by atoms with van der Waals surface area (Å²) < 4.78 is 1.99. The van der Waals surface area contributed by atoms with Crippen LogP contribution >= 0.6 is 11.3 Å². The van der Waals surface area contributed by atoms with E-state index < -0.39 is 0 Å². The van der Waals surface area contributed by atoms with Gasteiger partial charge in [0.2, 0.25) is 0 Å². The zero-order valence-corrected chi connectivity index (χ0v) is 9.31. The Hall–Kier alpha value is -1.94. The molecule has 4 heteroatoms. The van der Waals surface area contributed by atoms with Gasteiger partial charge in [0.15, 0.2) is 0 Å². The molecule has 0 saturated heterocycles. The van der Waals surface area contributed by atoms with Crippen LogP contribution in [0, 0.1) is 0 Å². The van der Waals surface area contributed by atoms with Crippen LogP contribution in [0.15, 0.2) is 42.7 Å². The van der Waals surface area contributed by atoms with Gasteiger partial charge in [0, 0.05) is 24.0 Å². The highest BCUT2D eigenvalue weighted by atomic mass is 32.1. The normalized spacial score (nSPS) is 10.8. The van der Waals surface area contributed by atoms with E-state index in [0.717, 1.165) is 21.9 Å². The maximum absolute atomic E-state index is 4.51. The number of pyridine rings is 1. The molecule has 0 unspecified atom stereocenters. The van der Waals surface area contributed by atoms with Gasteiger partial charge in [0.25, 0.3) is 0 Å². The summed E-state index contributed by atoms with van der Waals surface area (Å²) in [6.45, 7) is 3.75. The van der Waals surface area contributed by atoms with Crippen molar-refractivity contribution in [3.05, 3.63) is 48.2 Å². The topological polar surface area (TPSA) is 30.2 Å². The highest BCUT2D eigenvalue weighted by molar-refractivity contribution is 7.13. The maximum atomic E-state index is 4.51. The van der Waals surface area contributed by atoms with E-state index in [1.165, 1.54) is 0 Å². The van der Waals surface area contributed by atoms with Crippen molar-refractivity contribution in [3.8, 4) is 10.7 Å². The zero-order valence-electron chi connectivity index (χ0n) is 8.50. The molecule has 3 aromatic rings. The number of hydrogen-bond acceptors (Lipinski definition) is 3. The fourth-order valence-corrected chi connectivity index (χ4v) is 2.17. The molecule has 16 heavy (non-hydrogen) atoms. The molecule has 0 radical (unpaired) electrons. The molecule has 0 spiro atoms. The second kappa shape index (κ2) is 3.57. The van der Waals surface area contributed by atoms with Gasteiger partial charge in [-0.1, -0.05) is 12.7 Å². The third-order valence-electron chi connectivity index (χ3n) is 2.36. The first-order chi connectivity index (χ1) is 7.86. The summed E-state index contributed by atoms with van der Waals surface area (Å²) in [5.41, 5.74) is 2.92. The lowest BCUT2D eigenvalue weighted by Crippen LogP contribution is -1.82. The van der Waals surface area contributed by atoms with Gasteiger partial charge in [-0.25, -0.2) is 9.97 Å². The number of thiazole rings is 1. The molecule has 3 rings (SSSR count). The van der Waals surface area contributed by atoms with Crippen LogP contribution < -0.4 is 0 Å². The smallest absolute Gasteiger partial charge is 0.143 e. The third kappa shape index (κ3) is 1.44. The molecule has 0 aliphatic heterocycles. The van der Waals surface area contributed by atoms with Gasteiger partial charge < -0.3 is 4.40 Å². The molecular weight excluding hydrogens is 218 g/mol. The van der Waals surface area contributed by atoms with Crippen molar-refractivity contribution in [2.45, 2.75) is 0 Å². The summed E-state index contributed by atoms with van der Waals surface area (Å²) in [5.74, 6) is 0. The van der Waals surface area contributed by atoms with Gasteiger partial charge in [-0.2, -0.15) is 0 Å². The Kier molecular flexibility index (Phi) is 2.08. The summed E-state index contributed by atoms with van der Waals surface area (Å²) in [6.07, 6.45) is 7.61. The number of fused-ring (bicyclic) bond motifs is 1. The lowest BCUT2D eigenvalue weighted by Gasteiger charge is -1.94. The minimum Gasteiger partial charge on any atom is -0.306 e. The highest BCUT2D eigenvalue weighted by Gasteiger charge is 2.05. The second-order valence-electron chi connectivity index (χ2n) is 3.40. The minimum absolute atomic E-state index is 0.913. The van der Waals surface area contributed by atoms with E-state index in [4.69, 9.17) is 0 Å². The standard InChI is InChI=1S/C12H9N3S/c1-2-9-3-4-11-14-10(8-15(11)7-9)12-13-5-6-16-12/h2-8H,1H2. The van der Waals surface area contributed by atoms with E-state index in [1.807, 2.05) is 40.4 Å². The molecule has 0 saturated carbocycles. The summed E-state index contributed by atoms with van der Waals surface area (Å²) in [4.78, 5) is 8.75. The first-order valence-electron chi connectivity index (χ1n) is 4.88. The first-order valence-corrected chi connectivity index (χ1v) is 5.76. The fraction of sp³-hybridized carbons (Fsp3) is 0. The van der Waals surface area contributed by atoms with Crippen LogP contribution in [0.2, 0.25) is 0 Å². The monoisotopic (exact) mass is 227 g/mol. The number of imidazole rings is 1. The van der Waals surface area contributed by atoms with Crippen LogP contribution in [0.4, 0.5) is 0 Å². The average molecular weight is 227 g/mol. The van der Waals surface area contributed by atoms with Crippen molar-refractivity contribution in [3.63, 3.8) is 0 Å². The Balaban J connectivity index is 2.19. The summed E-state index contributed by atoms with van der Waals surface area (Å²) >= 11 is 1.59. The largest absolute Gasteiger partial charge is 0.306 e. The van der Waals surface area contributed by atoms with Crippen LogP contribution in [0.3, 0.4) is 0 Å². The van der Waals surface area contributed by atoms with E-state index in [1.54, 1.807) is 17.5 Å². The summed E-state index contributed by atoms with van der Waals surface area (Å²) in [6, 6.07) is 3.98. The van der Waals surface area contributed by atoms with Gasteiger partial charge in [-0.3, -0.25) is 0 Å². The number of aromatic nitrogens is 3. The van der Waals surface area contributed by atoms with Crippen molar-refractivity contribution in [2.75, 3.05) is 0 Å².